The van der Waals surface area contributed by atoms with Gasteiger partial charge in [-0.25, -0.2) is 17.9 Å². The average Bonchev–Trinajstić information content (AvgIpc) is 3.65. The van der Waals surface area contributed by atoms with Crippen molar-refractivity contribution in [2.75, 3.05) is 20.3 Å². The molecule has 1 aromatic heterocycles. The molecule has 1 spiro atoms. The van der Waals surface area contributed by atoms with Gasteiger partial charge in [0.25, 0.3) is 0 Å². The molecule has 11 nitrogen and oxygen atoms in total. The van der Waals surface area contributed by atoms with Crippen molar-refractivity contribution >= 4 is 16.7 Å². The Labute approximate surface area is 242 Å². The molecule has 0 unspecified atom stereocenters. The van der Waals surface area contributed by atoms with Crippen molar-refractivity contribution in [3.63, 3.8) is 0 Å². The van der Waals surface area contributed by atoms with Crippen LogP contribution in [0.5, 0.6) is 5.75 Å². The van der Waals surface area contributed by atoms with Crippen molar-refractivity contribution in [3.05, 3.63) is 77.2 Å². The SMILES string of the molecule is COc1cc2ccccc2c(C(N)=O)c1[C@H]1CCO[C@]12O[C@H](CO)[C@H](O)[C@H](n1cc(-c3cc(F)c(F)c(F)c3)nn1)[C@H]2O. The van der Waals surface area contributed by atoms with E-state index in [0.717, 1.165) is 16.8 Å². The van der Waals surface area contributed by atoms with E-state index in [2.05, 4.69) is 10.3 Å². The first kappa shape index (κ1) is 29.0. The van der Waals surface area contributed by atoms with Gasteiger partial charge in [-0.05, 0) is 35.4 Å². The van der Waals surface area contributed by atoms with Gasteiger partial charge in [0.2, 0.25) is 11.7 Å². The molecule has 5 N–H and O–H groups in total. The lowest BCUT2D eigenvalue weighted by atomic mass is 9.77. The lowest BCUT2D eigenvalue weighted by Gasteiger charge is -2.50. The summed E-state index contributed by atoms with van der Waals surface area (Å²) in [7, 11) is 1.42. The number of benzene rings is 3. The third-order valence-electron chi connectivity index (χ3n) is 8.16. The van der Waals surface area contributed by atoms with E-state index >= 15 is 0 Å². The van der Waals surface area contributed by atoms with Gasteiger partial charge in [0.15, 0.2) is 17.5 Å². The number of aliphatic hydroxyl groups is 3. The third-order valence-corrected chi connectivity index (χ3v) is 8.16. The Morgan fingerprint density at radius 2 is 1.91 bits per heavy atom. The minimum atomic E-state index is -1.95. The van der Waals surface area contributed by atoms with Crippen molar-refractivity contribution < 1.29 is 47.5 Å². The molecule has 43 heavy (non-hydrogen) atoms. The van der Waals surface area contributed by atoms with Gasteiger partial charge in [-0.2, -0.15) is 0 Å². The summed E-state index contributed by atoms with van der Waals surface area (Å²) < 4.78 is 60.3. The maximum atomic E-state index is 13.9. The number of amides is 1. The molecule has 4 aromatic rings. The largest absolute Gasteiger partial charge is 0.496 e. The molecular weight excluding hydrogens is 573 g/mol. The Balaban J connectivity index is 1.48. The molecule has 6 atom stereocenters. The molecule has 6 rings (SSSR count). The van der Waals surface area contributed by atoms with E-state index in [1.165, 1.54) is 13.3 Å². The molecule has 2 fully saturated rings. The highest BCUT2D eigenvalue weighted by molar-refractivity contribution is 6.09. The van der Waals surface area contributed by atoms with Crippen molar-refractivity contribution in [2.24, 2.45) is 5.73 Å². The van der Waals surface area contributed by atoms with Crippen molar-refractivity contribution in [2.45, 2.75) is 42.5 Å². The summed E-state index contributed by atoms with van der Waals surface area (Å²) in [5.41, 5.74) is 6.10. The van der Waals surface area contributed by atoms with Crippen LogP contribution in [0.25, 0.3) is 22.0 Å². The van der Waals surface area contributed by atoms with Crippen molar-refractivity contribution in [1.82, 2.24) is 15.0 Å². The molecule has 0 saturated carbocycles. The maximum absolute atomic E-state index is 13.9. The first-order chi connectivity index (χ1) is 20.6. The number of nitrogens with zero attached hydrogens (tertiary/aromatic N) is 3. The fraction of sp³-hybridized carbons (Fsp3) is 0.345. The smallest absolute Gasteiger partial charge is 0.249 e. The molecule has 1 amide bonds. The second-order valence-corrected chi connectivity index (χ2v) is 10.5. The van der Waals surface area contributed by atoms with Crippen molar-refractivity contribution in [1.29, 1.82) is 0 Å². The van der Waals surface area contributed by atoms with Gasteiger partial charge >= 0.3 is 0 Å². The summed E-state index contributed by atoms with van der Waals surface area (Å²) in [5.74, 6) is -7.84. The molecule has 2 aliphatic rings. The predicted molar refractivity (Wildman–Crippen MR) is 143 cm³/mol. The monoisotopic (exact) mass is 600 g/mol. The number of methoxy groups -OCH3 is 1. The number of halogens is 3. The van der Waals surface area contributed by atoms with Crippen LogP contribution in [0, 0.1) is 17.5 Å². The molecule has 0 aliphatic carbocycles. The maximum Gasteiger partial charge on any atom is 0.249 e. The number of hydrogen-bond acceptors (Lipinski definition) is 9. The molecule has 14 heteroatoms. The second kappa shape index (κ2) is 10.9. The average molecular weight is 601 g/mol. The number of carbonyl (C=O) groups is 1. The first-order valence-electron chi connectivity index (χ1n) is 13.4. The van der Waals surface area contributed by atoms with Crippen LogP contribution in [0.15, 0.2) is 48.7 Å². The molecule has 0 bridgehead atoms. The Morgan fingerprint density at radius 3 is 2.58 bits per heavy atom. The van der Waals surface area contributed by atoms with Gasteiger partial charge in [-0.3, -0.25) is 4.79 Å². The van der Waals surface area contributed by atoms with Gasteiger partial charge in [0.05, 0.1) is 32.1 Å². The predicted octanol–water partition coefficient (Wildman–Crippen LogP) is 2.18. The lowest BCUT2D eigenvalue weighted by molar-refractivity contribution is -0.344. The molecule has 2 saturated heterocycles. The highest BCUT2D eigenvalue weighted by atomic mass is 19.2. The van der Waals surface area contributed by atoms with Gasteiger partial charge < -0.3 is 35.3 Å². The Hall–Kier alpha value is -4.08. The van der Waals surface area contributed by atoms with Crippen LogP contribution in [0.1, 0.15) is 34.3 Å². The van der Waals surface area contributed by atoms with Crippen LogP contribution in [0.4, 0.5) is 13.2 Å². The number of rotatable bonds is 6. The summed E-state index contributed by atoms with van der Waals surface area (Å²) >= 11 is 0. The van der Waals surface area contributed by atoms with Crippen LogP contribution >= 0.6 is 0 Å². The number of carbonyl (C=O) groups excluding carboxylic acids is 1. The normalized spacial score (nSPS) is 27.2. The minimum Gasteiger partial charge on any atom is -0.496 e. The highest BCUT2D eigenvalue weighted by Gasteiger charge is 2.62. The zero-order chi connectivity index (χ0) is 30.6. The second-order valence-electron chi connectivity index (χ2n) is 10.5. The quantitative estimate of drug-likeness (QED) is 0.243. The zero-order valence-corrected chi connectivity index (χ0v) is 22.7. The number of aromatic nitrogens is 3. The van der Waals surface area contributed by atoms with Crippen LogP contribution in [-0.4, -0.2) is 80.6 Å². The number of ether oxygens (including phenoxy) is 3. The summed E-state index contributed by atoms with van der Waals surface area (Å²) in [6, 6.07) is 8.86. The van der Waals surface area contributed by atoms with Crippen LogP contribution < -0.4 is 10.5 Å². The summed E-state index contributed by atoms with van der Waals surface area (Å²) in [4.78, 5) is 12.9. The fourth-order valence-electron chi connectivity index (χ4n) is 6.23. The van der Waals surface area contributed by atoms with Gasteiger partial charge in [-0.15, -0.1) is 5.10 Å². The van der Waals surface area contributed by atoms with E-state index in [1.807, 2.05) is 0 Å². The summed E-state index contributed by atoms with van der Waals surface area (Å²) in [6.07, 6.45) is -3.16. The Kier molecular flexibility index (Phi) is 7.34. The van der Waals surface area contributed by atoms with Gasteiger partial charge in [0, 0.05) is 17.0 Å². The van der Waals surface area contributed by atoms with Crippen LogP contribution in [0.3, 0.4) is 0 Å². The minimum absolute atomic E-state index is 0.0492. The van der Waals surface area contributed by atoms with E-state index in [9.17, 15) is 33.3 Å². The lowest BCUT2D eigenvalue weighted by Crippen LogP contribution is -2.64. The molecular formula is C29H27F3N4O7. The molecule has 3 heterocycles. The Morgan fingerprint density at radius 1 is 1.19 bits per heavy atom. The van der Waals surface area contributed by atoms with E-state index in [1.54, 1.807) is 30.3 Å². The van der Waals surface area contributed by atoms with Crippen LogP contribution in [0.2, 0.25) is 0 Å². The number of primary amides is 1. The fourth-order valence-corrected chi connectivity index (χ4v) is 6.23. The van der Waals surface area contributed by atoms with E-state index in [4.69, 9.17) is 19.9 Å². The summed E-state index contributed by atoms with van der Waals surface area (Å²) in [6.45, 7) is -0.650. The van der Waals surface area contributed by atoms with E-state index in [0.29, 0.717) is 16.3 Å². The van der Waals surface area contributed by atoms with Crippen LogP contribution in [-0.2, 0) is 9.47 Å². The molecule has 0 radical (unpaired) electrons. The van der Waals surface area contributed by atoms with E-state index < -0.39 is 66.0 Å². The first-order valence-corrected chi connectivity index (χ1v) is 13.4. The molecule has 226 valence electrons. The highest BCUT2D eigenvalue weighted by Crippen LogP contribution is 2.53. The van der Waals surface area contributed by atoms with Gasteiger partial charge in [0.1, 0.15) is 35.8 Å². The standard InChI is InChI=1S/C29H27F3N4O7/c1-41-20-10-13-4-2-3-5-15(13)22(28(33)40)23(20)16-6-7-42-29(16)27(39)25(26(38)21(12-37)43-29)36-11-19(34-35-36)14-8-17(30)24(32)18(31)9-14/h2-5,8-11,16,21,25-27,37-39H,6-7,12H2,1H3,(H2,33,40)/t16-,21-,25+,26+,27-,29+/m1/s1. The topological polar surface area (TPSA) is 162 Å². The molecule has 2 aliphatic heterocycles. The zero-order valence-electron chi connectivity index (χ0n) is 22.7. The van der Waals surface area contributed by atoms with Crippen molar-refractivity contribution in [3.8, 4) is 17.0 Å². The number of hydrogen-bond donors (Lipinski definition) is 4. The number of fused-ring (bicyclic) bond motifs is 1. The molecule has 3 aromatic carbocycles. The third kappa shape index (κ3) is 4.53. The Bertz CT molecular complexity index is 1700. The summed E-state index contributed by atoms with van der Waals surface area (Å²) in [5, 5.41) is 42.3. The van der Waals surface area contributed by atoms with Gasteiger partial charge in [-0.1, -0.05) is 29.5 Å². The number of aliphatic hydroxyl groups excluding tert-OH is 3. The van der Waals surface area contributed by atoms with E-state index in [-0.39, 0.29) is 35.6 Å². The number of nitrogens with two attached hydrogens (primary N) is 1.